The van der Waals surface area contributed by atoms with Crippen molar-refractivity contribution < 1.29 is 118 Å². The predicted molar refractivity (Wildman–Crippen MR) is 283 cm³/mol. The van der Waals surface area contributed by atoms with Crippen molar-refractivity contribution in [1.29, 1.82) is 0 Å². The molecule has 0 aromatic heterocycles. The zero-order valence-electron chi connectivity index (χ0n) is 47.7. The van der Waals surface area contributed by atoms with Crippen molar-refractivity contribution in [2.75, 3.05) is 66.1 Å². The Morgan fingerprint density at radius 3 is 1.23 bits per heavy atom. The Balaban J connectivity index is 2.01. The first-order chi connectivity index (χ1) is 38.6. The summed E-state index contributed by atoms with van der Waals surface area (Å²) in [6, 6.07) is -0.689. The fourth-order valence-corrected chi connectivity index (χ4v) is 10.1. The highest BCUT2D eigenvalue weighted by atomic mass is 19.3. The van der Waals surface area contributed by atoms with E-state index in [1.807, 2.05) is 27.7 Å². The summed E-state index contributed by atoms with van der Waals surface area (Å²) in [6.07, 6.45) is -4.46. The van der Waals surface area contributed by atoms with Gasteiger partial charge in [0.15, 0.2) is 13.2 Å². The Kier molecular flexibility index (Phi) is 28.1. The van der Waals surface area contributed by atoms with Gasteiger partial charge in [0, 0.05) is 55.3 Å². The van der Waals surface area contributed by atoms with Crippen LogP contribution in [0.25, 0.3) is 0 Å². The second-order valence-electron chi connectivity index (χ2n) is 22.7. The molecule has 0 aromatic rings. The summed E-state index contributed by atoms with van der Waals surface area (Å²) in [5, 5.41) is 2.45. The molecule has 1 N–H and O–H groups in total. The summed E-state index contributed by atoms with van der Waals surface area (Å²) in [5.74, 6) is -8.74. The molecule has 2 fully saturated rings. The van der Waals surface area contributed by atoms with Crippen LogP contribution < -0.4 is 5.32 Å². The average Bonchev–Trinajstić information content (AvgIpc) is 3.60. The Morgan fingerprint density at radius 2 is 0.819 bits per heavy atom. The zero-order chi connectivity index (χ0) is 62.9. The molecule has 2 aliphatic carbocycles. The molecule has 0 radical (unpaired) electrons. The van der Waals surface area contributed by atoms with E-state index in [1.54, 1.807) is 6.92 Å². The summed E-state index contributed by atoms with van der Waals surface area (Å²) in [7, 11) is 0. The molecule has 22 nitrogen and oxygen atoms in total. The molecule has 2 aliphatic rings. The van der Waals surface area contributed by atoms with Gasteiger partial charge in [0.05, 0.1) is 6.42 Å². The lowest BCUT2D eigenvalue weighted by atomic mass is 9.59. The Bertz CT molecular complexity index is 2270. The molecule has 464 valence electrons. The van der Waals surface area contributed by atoms with E-state index in [0.717, 1.165) is 36.5 Å². The van der Waals surface area contributed by atoms with Gasteiger partial charge in [-0.2, -0.15) is 17.6 Å². The maximum absolute atomic E-state index is 14.9. The summed E-state index contributed by atoms with van der Waals surface area (Å²) >= 11 is 0. The van der Waals surface area contributed by atoms with Crippen molar-refractivity contribution in [3.8, 4) is 0 Å². The topological polar surface area (TPSA) is 284 Å². The number of carbonyl (C=O) groups is 10. The number of hydrogen-bond acceptors (Lipinski definition) is 21. The van der Waals surface area contributed by atoms with Gasteiger partial charge in [-0.05, 0) is 73.0 Å². The molecule has 4 unspecified atom stereocenters. The molecule has 0 saturated heterocycles. The first-order valence-electron chi connectivity index (χ1n) is 26.2. The number of carbonyl (C=O) groups excluding carboxylic acids is 10. The number of amides is 1. The van der Waals surface area contributed by atoms with E-state index in [1.165, 1.54) is 0 Å². The van der Waals surface area contributed by atoms with Gasteiger partial charge < -0.3 is 52.7 Å². The van der Waals surface area contributed by atoms with E-state index < -0.39 is 184 Å². The number of ether oxygens (including phenoxy) is 11. The van der Waals surface area contributed by atoms with E-state index in [4.69, 9.17) is 42.6 Å². The summed E-state index contributed by atoms with van der Waals surface area (Å²) < 4.78 is 114. The quantitative estimate of drug-likeness (QED) is 0.0275. The fraction of sp³-hybridized carbons (Fsp3) is 0.614. The minimum atomic E-state index is -4.78. The molecule has 0 aliphatic heterocycles. The van der Waals surface area contributed by atoms with Crippen LogP contribution in [0.1, 0.15) is 98.8 Å². The third kappa shape index (κ3) is 28.0. The van der Waals surface area contributed by atoms with Gasteiger partial charge in [-0.25, -0.2) is 38.3 Å². The molecule has 1 amide bonds. The molecule has 4 atom stereocenters. The number of alkyl carbamates (subject to hydrolysis) is 1. The number of alkyl halides is 4. The second-order valence-corrected chi connectivity index (χ2v) is 22.7. The van der Waals surface area contributed by atoms with Crippen molar-refractivity contribution in [2.24, 2.45) is 38.9 Å². The number of rotatable bonds is 36. The summed E-state index contributed by atoms with van der Waals surface area (Å²) in [6.45, 7) is 20.6. The standard InChI is InChI=1S/C57H77F4NO21/c1-12-41(63)73-28-54(29-74-42(64)13-2,30-75-43(65)14-3)34-79-47(69)19-18-38-20-40(25-51(7,8)22-38)62-50(72)82-37-57(60,61)83-56(58,59)36-81-49(71)26-53(11)24-39(23-52(9,10)27-53)21-48(70)80-35-55(31-76-44(66)15-4,32-77-45(67)16-5)33-78-46(68)17-6/h12-17,38-40H,1-6,18-37H2,7-11H3,(H,62,72). The normalized spacial score (nSPS) is 19.3. The Labute approximate surface area is 479 Å². The molecule has 26 heteroatoms. The first kappa shape index (κ1) is 71.7. The number of esters is 9. The minimum absolute atomic E-state index is 0.173. The molecule has 2 saturated carbocycles. The van der Waals surface area contributed by atoms with Gasteiger partial charge >= 0.3 is 72.0 Å². The Morgan fingerprint density at radius 1 is 0.458 bits per heavy atom. The molecule has 0 aromatic carbocycles. The summed E-state index contributed by atoms with van der Waals surface area (Å²) in [4.78, 5) is 124. The van der Waals surface area contributed by atoms with Crippen molar-refractivity contribution in [2.45, 2.75) is 117 Å². The molecule has 0 heterocycles. The fourth-order valence-electron chi connectivity index (χ4n) is 10.1. The van der Waals surface area contributed by atoms with Gasteiger partial charge in [-0.1, -0.05) is 74.1 Å². The summed E-state index contributed by atoms with van der Waals surface area (Å²) in [5.41, 5.74) is -5.14. The third-order valence-corrected chi connectivity index (χ3v) is 13.2. The van der Waals surface area contributed by atoms with Crippen LogP contribution in [0.15, 0.2) is 75.9 Å². The van der Waals surface area contributed by atoms with Crippen LogP contribution in [0.4, 0.5) is 22.4 Å². The lowest BCUT2D eigenvalue weighted by Gasteiger charge is -2.46. The van der Waals surface area contributed by atoms with Crippen LogP contribution in [0.5, 0.6) is 0 Å². The van der Waals surface area contributed by atoms with Crippen LogP contribution in [0, 0.1) is 38.9 Å². The van der Waals surface area contributed by atoms with Gasteiger partial charge in [0.1, 0.15) is 63.7 Å². The highest BCUT2D eigenvalue weighted by Gasteiger charge is 2.48. The highest BCUT2D eigenvalue weighted by molar-refractivity contribution is 5.83. The van der Waals surface area contributed by atoms with E-state index in [2.05, 4.69) is 54.3 Å². The number of halogens is 4. The van der Waals surface area contributed by atoms with Crippen LogP contribution in [0.3, 0.4) is 0 Å². The molecular formula is C57H77F4NO21. The molecular weight excluding hydrogens is 1110 g/mol. The third-order valence-electron chi connectivity index (χ3n) is 13.2. The first-order valence-corrected chi connectivity index (χ1v) is 26.2. The zero-order valence-corrected chi connectivity index (χ0v) is 47.7. The van der Waals surface area contributed by atoms with Crippen LogP contribution in [0.2, 0.25) is 0 Å². The largest absolute Gasteiger partial charge is 0.465 e. The maximum atomic E-state index is 14.9. The lowest BCUT2D eigenvalue weighted by Crippen LogP contribution is -2.46. The van der Waals surface area contributed by atoms with Gasteiger partial charge in [-0.15, -0.1) is 0 Å². The molecule has 0 spiro atoms. The van der Waals surface area contributed by atoms with E-state index in [-0.39, 0.29) is 38.0 Å². The van der Waals surface area contributed by atoms with E-state index in [0.29, 0.717) is 25.7 Å². The second kappa shape index (κ2) is 32.5. The van der Waals surface area contributed by atoms with E-state index >= 15 is 0 Å². The van der Waals surface area contributed by atoms with Gasteiger partial charge in [0.2, 0.25) is 0 Å². The van der Waals surface area contributed by atoms with Crippen molar-refractivity contribution in [3.63, 3.8) is 0 Å². The predicted octanol–water partition coefficient (Wildman–Crippen LogP) is 7.48. The minimum Gasteiger partial charge on any atom is -0.465 e. The SMILES string of the molecule is C=CC(=O)OCC(COC(=O)C=C)(COC(=O)C=C)COC(=O)CCC1CC(NC(=O)OCC(F)(F)OC(F)(F)COC(=O)CC2(C)CC(CC(=O)OCC(COC(=O)C=C)(COC(=O)C=C)COC(=O)C=C)CC(C)(C)C2)CC(C)(C)C1. The van der Waals surface area contributed by atoms with E-state index in [9.17, 15) is 65.5 Å². The lowest BCUT2D eigenvalue weighted by molar-refractivity contribution is -0.388. The maximum Gasteiger partial charge on any atom is 0.407 e. The number of nitrogens with one attached hydrogen (secondary N) is 1. The van der Waals surface area contributed by atoms with Crippen LogP contribution >= 0.6 is 0 Å². The average molecular weight is 1190 g/mol. The monoisotopic (exact) mass is 1190 g/mol. The van der Waals surface area contributed by atoms with Gasteiger partial charge in [-0.3, -0.25) is 14.4 Å². The Hall–Kier alpha value is -7.38. The number of hydrogen-bond donors (Lipinski definition) is 1. The van der Waals surface area contributed by atoms with Crippen LogP contribution in [-0.4, -0.2) is 144 Å². The molecule has 0 bridgehead atoms. The van der Waals surface area contributed by atoms with Crippen molar-refractivity contribution in [3.05, 3.63) is 75.9 Å². The van der Waals surface area contributed by atoms with Crippen LogP contribution in [-0.2, 0) is 95.3 Å². The van der Waals surface area contributed by atoms with Crippen molar-refractivity contribution in [1.82, 2.24) is 5.32 Å². The highest BCUT2D eigenvalue weighted by Crippen LogP contribution is 2.51. The molecule has 2 rings (SSSR count). The van der Waals surface area contributed by atoms with Gasteiger partial charge in [0.25, 0.3) is 0 Å². The smallest absolute Gasteiger partial charge is 0.407 e. The molecule has 83 heavy (non-hydrogen) atoms. The van der Waals surface area contributed by atoms with Crippen molar-refractivity contribution >= 4 is 59.8 Å².